The number of halogens is 6. The molecule has 100 valence electrons. The van der Waals surface area contributed by atoms with E-state index in [2.05, 4.69) is 20.9 Å². The van der Waals surface area contributed by atoms with Gasteiger partial charge in [-0.05, 0) is 40.2 Å². The molecule has 0 saturated heterocycles. The quantitative estimate of drug-likeness (QED) is 0.597. The number of alkyl halides is 5. The van der Waals surface area contributed by atoms with Crippen LogP contribution in [0, 0.1) is 0 Å². The van der Waals surface area contributed by atoms with Crippen molar-refractivity contribution in [1.29, 1.82) is 0 Å². The van der Waals surface area contributed by atoms with Crippen LogP contribution in [0.5, 0.6) is 5.75 Å². The maximum atomic E-state index is 12.8. The van der Waals surface area contributed by atoms with Crippen molar-refractivity contribution < 1.29 is 26.7 Å². The van der Waals surface area contributed by atoms with Crippen molar-refractivity contribution in [3.63, 3.8) is 0 Å². The van der Waals surface area contributed by atoms with Crippen molar-refractivity contribution in [2.24, 2.45) is 4.99 Å². The molecule has 0 spiro atoms. The first-order valence-corrected chi connectivity index (χ1v) is 5.31. The summed E-state index contributed by atoms with van der Waals surface area (Å²) in [5, 5.41) is 0. The van der Waals surface area contributed by atoms with E-state index in [1.807, 2.05) is 0 Å². The highest BCUT2D eigenvalue weighted by atomic mass is 79.9. The molecule has 2 nitrogen and oxygen atoms in total. The Morgan fingerprint density at radius 1 is 1.11 bits per heavy atom. The highest BCUT2D eigenvalue weighted by molar-refractivity contribution is 9.18. The molecule has 0 radical (unpaired) electrons. The fourth-order valence-corrected chi connectivity index (χ4v) is 1.39. The zero-order chi connectivity index (χ0) is 14.0. The molecule has 1 rings (SSSR count). The molecule has 0 saturated carbocycles. The van der Waals surface area contributed by atoms with Gasteiger partial charge in [-0.25, -0.2) is 4.99 Å². The van der Waals surface area contributed by atoms with E-state index in [4.69, 9.17) is 4.74 Å². The third-order valence-corrected chi connectivity index (χ3v) is 2.59. The normalized spacial score (nSPS) is 13.6. The van der Waals surface area contributed by atoms with Crippen molar-refractivity contribution in [3.05, 3.63) is 24.3 Å². The Bertz CT molecular complexity index is 441. The molecule has 0 bridgehead atoms. The molecule has 0 aliphatic rings. The number of benzene rings is 1. The Balaban J connectivity index is 3.01. The van der Waals surface area contributed by atoms with Gasteiger partial charge >= 0.3 is 12.1 Å². The second-order valence-corrected chi connectivity index (χ2v) is 3.92. The van der Waals surface area contributed by atoms with Gasteiger partial charge in [0.15, 0.2) is 4.62 Å². The molecule has 0 atom stereocenters. The van der Waals surface area contributed by atoms with Crippen LogP contribution in [0.25, 0.3) is 0 Å². The van der Waals surface area contributed by atoms with Gasteiger partial charge in [0.25, 0.3) is 0 Å². The van der Waals surface area contributed by atoms with Crippen molar-refractivity contribution in [2.45, 2.75) is 12.1 Å². The standard InChI is InChI=1S/C10H7BrF5NO/c1-18-7-4-2-6(3-5-7)17-8(11)9(12,13)10(14,15)16/h2-5H,1H3. The number of hydrogen-bond donors (Lipinski definition) is 0. The van der Waals surface area contributed by atoms with Crippen LogP contribution >= 0.6 is 15.9 Å². The molecule has 0 heterocycles. The van der Waals surface area contributed by atoms with Crippen molar-refractivity contribution in [3.8, 4) is 5.75 Å². The molecular weight excluding hydrogens is 325 g/mol. The van der Waals surface area contributed by atoms with E-state index in [0.29, 0.717) is 5.75 Å². The number of methoxy groups -OCH3 is 1. The topological polar surface area (TPSA) is 21.6 Å². The average molecular weight is 332 g/mol. The molecule has 0 unspecified atom stereocenters. The maximum absolute atomic E-state index is 12.8. The van der Waals surface area contributed by atoms with E-state index in [1.165, 1.54) is 31.4 Å². The summed E-state index contributed by atoms with van der Waals surface area (Å²) in [6.07, 6.45) is -5.69. The first-order valence-electron chi connectivity index (χ1n) is 4.51. The summed E-state index contributed by atoms with van der Waals surface area (Å²) in [6, 6.07) is 5.30. The van der Waals surface area contributed by atoms with Crippen LogP contribution in [0.15, 0.2) is 29.3 Å². The highest BCUT2D eigenvalue weighted by Gasteiger charge is 2.60. The van der Waals surface area contributed by atoms with E-state index in [9.17, 15) is 22.0 Å². The van der Waals surface area contributed by atoms with E-state index >= 15 is 0 Å². The molecule has 0 amide bonds. The lowest BCUT2D eigenvalue weighted by atomic mass is 10.3. The zero-order valence-corrected chi connectivity index (χ0v) is 10.5. The zero-order valence-electron chi connectivity index (χ0n) is 8.93. The van der Waals surface area contributed by atoms with Gasteiger partial charge in [-0.3, -0.25) is 0 Å². The van der Waals surface area contributed by atoms with Crippen molar-refractivity contribution >= 4 is 26.2 Å². The van der Waals surface area contributed by atoms with Gasteiger partial charge in [0.2, 0.25) is 0 Å². The summed E-state index contributed by atoms with van der Waals surface area (Å²) in [6.45, 7) is 0. The Kier molecular flexibility index (Phi) is 4.31. The molecule has 18 heavy (non-hydrogen) atoms. The second kappa shape index (κ2) is 5.21. The number of rotatable bonds is 3. The van der Waals surface area contributed by atoms with E-state index in [1.54, 1.807) is 0 Å². The minimum Gasteiger partial charge on any atom is -0.497 e. The molecule has 0 N–H and O–H groups in total. The van der Waals surface area contributed by atoms with Gasteiger partial charge in [-0.2, -0.15) is 22.0 Å². The molecule has 0 aliphatic carbocycles. The molecule has 0 aromatic heterocycles. The summed E-state index contributed by atoms with van der Waals surface area (Å²) in [7, 11) is 1.39. The van der Waals surface area contributed by atoms with Crippen molar-refractivity contribution in [1.82, 2.24) is 0 Å². The lowest BCUT2D eigenvalue weighted by molar-refractivity contribution is -0.247. The Morgan fingerprint density at radius 2 is 1.61 bits per heavy atom. The highest BCUT2D eigenvalue weighted by Crippen LogP contribution is 2.39. The lowest BCUT2D eigenvalue weighted by Gasteiger charge is -2.17. The third-order valence-electron chi connectivity index (χ3n) is 1.91. The number of hydrogen-bond acceptors (Lipinski definition) is 2. The molecule has 1 aromatic carbocycles. The van der Waals surface area contributed by atoms with Gasteiger partial charge in [-0.15, -0.1) is 0 Å². The van der Waals surface area contributed by atoms with Crippen LogP contribution in [0.1, 0.15) is 0 Å². The van der Waals surface area contributed by atoms with Crippen LogP contribution in [-0.4, -0.2) is 23.8 Å². The molecule has 0 fully saturated rings. The summed E-state index contributed by atoms with van der Waals surface area (Å²) < 4.78 is 65.0. The monoisotopic (exact) mass is 331 g/mol. The maximum Gasteiger partial charge on any atom is 0.460 e. The van der Waals surface area contributed by atoms with E-state index in [-0.39, 0.29) is 5.69 Å². The molecule has 8 heteroatoms. The Hall–Kier alpha value is -1.18. The van der Waals surface area contributed by atoms with Crippen molar-refractivity contribution in [2.75, 3.05) is 7.11 Å². The second-order valence-electron chi connectivity index (χ2n) is 3.17. The van der Waals surface area contributed by atoms with Crippen LogP contribution in [0.2, 0.25) is 0 Å². The van der Waals surface area contributed by atoms with Crippen LogP contribution < -0.4 is 4.74 Å². The Labute approximate surface area is 108 Å². The smallest absolute Gasteiger partial charge is 0.460 e. The fraction of sp³-hybridized carbons (Fsp3) is 0.300. The summed E-state index contributed by atoms with van der Waals surface area (Å²) in [4.78, 5) is 3.18. The minimum absolute atomic E-state index is 0.0494. The molecule has 1 aromatic rings. The van der Waals surface area contributed by atoms with Crippen LogP contribution in [0.4, 0.5) is 27.6 Å². The number of nitrogens with zero attached hydrogens (tertiary/aromatic N) is 1. The SMILES string of the molecule is COc1ccc(N=C(Br)C(F)(F)C(F)(F)F)cc1. The lowest BCUT2D eigenvalue weighted by Crippen LogP contribution is -2.41. The van der Waals surface area contributed by atoms with E-state index < -0.39 is 16.7 Å². The van der Waals surface area contributed by atoms with Gasteiger partial charge in [-0.1, -0.05) is 0 Å². The molecular formula is C10H7BrF5NO. The largest absolute Gasteiger partial charge is 0.497 e. The van der Waals surface area contributed by atoms with E-state index in [0.717, 1.165) is 0 Å². The summed E-state index contributed by atoms with van der Waals surface area (Å²) in [5.74, 6) is -4.58. The average Bonchev–Trinajstić information content (AvgIpc) is 2.28. The summed E-state index contributed by atoms with van der Waals surface area (Å²) in [5.41, 5.74) is -0.0494. The predicted octanol–water partition coefficient (Wildman–Crippen LogP) is 4.32. The van der Waals surface area contributed by atoms with Gasteiger partial charge < -0.3 is 4.74 Å². The fourth-order valence-electron chi connectivity index (χ4n) is 0.957. The van der Waals surface area contributed by atoms with Gasteiger partial charge in [0, 0.05) is 0 Å². The predicted molar refractivity (Wildman–Crippen MR) is 60.0 cm³/mol. The van der Waals surface area contributed by atoms with Crippen LogP contribution in [0.3, 0.4) is 0 Å². The number of aliphatic imine (C=N–C) groups is 1. The van der Waals surface area contributed by atoms with Gasteiger partial charge in [0.1, 0.15) is 5.75 Å². The third kappa shape index (κ3) is 3.18. The molecule has 0 aliphatic heterocycles. The van der Waals surface area contributed by atoms with Crippen LogP contribution in [-0.2, 0) is 0 Å². The first-order chi connectivity index (χ1) is 8.18. The number of ether oxygens (including phenoxy) is 1. The minimum atomic E-state index is -5.69. The Morgan fingerprint density at radius 3 is 2.00 bits per heavy atom. The van der Waals surface area contributed by atoms with Gasteiger partial charge in [0.05, 0.1) is 12.8 Å². The summed E-state index contributed by atoms with van der Waals surface area (Å²) >= 11 is 2.16. The first kappa shape index (κ1) is 14.9.